The smallest absolute Gasteiger partial charge is 0.123 e. The predicted molar refractivity (Wildman–Crippen MR) is 79.8 cm³/mol. The number of methoxy groups -OCH3 is 1. The highest BCUT2D eigenvalue weighted by Gasteiger charge is 2.11. The first kappa shape index (κ1) is 14.0. The number of hydrogen-bond donors (Lipinski definition) is 1. The van der Waals surface area contributed by atoms with E-state index in [-0.39, 0.29) is 6.04 Å². The third-order valence-corrected chi connectivity index (χ3v) is 4.31. The molecular formula is C15H20N2OS. The molecule has 0 saturated heterocycles. The van der Waals surface area contributed by atoms with Crippen molar-refractivity contribution < 1.29 is 4.74 Å². The van der Waals surface area contributed by atoms with Gasteiger partial charge in [-0.05, 0) is 26.8 Å². The highest BCUT2D eigenvalue weighted by Crippen LogP contribution is 2.25. The minimum Gasteiger partial charge on any atom is -0.496 e. The quantitative estimate of drug-likeness (QED) is 0.905. The summed E-state index contributed by atoms with van der Waals surface area (Å²) in [4.78, 5) is 5.84. The second-order valence-corrected chi connectivity index (χ2v) is 5.88. The van der Waals surface area contributed by atoms with E-state index in [9.17, 15) is 0 Å². The number of thiazole rings is 1. The Hall–Kier alpha value is -1.39. The van der Waals surface area contributed by atoms with Crippen LogP contribution >= 0.6 is 11.3 Å². The van der Waals surface area contributed by atoms with Crippen LogP contribution in [0, 0.1) is 13.8 Å². The zero-order valence-electron chi connectivity index (χ0n) is 11.9. The van der Waals surface area contributed by atoms with Crippen molar-refractivity contribution in [3.63, 3.8) is 0 Å². The summed E-state index contributed by atoms with van der Waals surface area (Å²) in [5, 5.41) is 4.63. The molecule has 2 rings (SSSR count). The van der Waals surface area contributed by atoms with Gasteiger partial charge in [0, 0.05) is 23.0 Å². The number of nitrogens with one attached hydrogen (secondary N) is 1. The van der Waals surface area contributed by atoms with Gasteiger partial charge in [0.05, 0.1) is 12.8 Å². The molecule has 0 amide bonds. The maximum Gasteiger partial charge on any atom is 0.123 e. The number of para-hydroxylation sites is 1. The second-order valence-electron chi connectivity index (χ2n) is 4.59. The highest BCUT2D eigenvalue weighted by molar-refractivity contribution is 7.11. The maximum absolute atomic E-state index is 5.39. The van der Waals surface area contributed by atoms with Crippen LogP contribution in [0.2, 0.25) is 0 Å². The summed E-state index contributed by atoms with van der Waals surface area (Å²) < 4.78 is 5.39. The highest BCUT2D eigenvalue weighted by atomic mass is 32.1. The zero-order valence-corrected chi connectivity index (χ0v) is 12.7. The van der Waals surface area contributed by atoms with E-state index in [0.717, 1.165) is 23.0 Å². The maximum atomic E-state index is 5.39. The molecule has 0 aliphatic rings. The van der Waals surface area contributed by atoms with Gasteiger partial charge >= 0.3 is 0 Å². The lowest BCUT2D eigenvalue weighted by atomic mass is 10.1. The molecule has 3 nitrogen and oxygen atoms in total. The Bertz CT molecular complexity index is 531. The van der Waals surface area contributed by atoms with E-state index in [1.54, 1.807) is 18.4 Å². The molecular weight excluding hydrogens is 256 g/mol. The Morgan fingerprint density at radius 1 is 1.32 bits per heavy atom. The first-order valence-corrected chi connectivity index (χ1v) is 7.22. The number of rotatable bonds is 5. The van der Waals surface area contributed by atoms with Gasteiger partial charge in [-0.1, -0.05) is 18.2 Å². The number of aromatic nitrogens is 1. The predicted octanol–water partition coefficient (Wildman–Crippen LogP) is 3.62. The molecule has 19 heavy (non-hydrogen) atoms. The first-order chi connectivity index (χ1) is 9.11. The van der Waals surface area contributed by atoms with E-state index in [2.05, 4.69) is 37.1 Å². The van der Waals surface area contributed by atoms with Crippen molar-refractivity contribution >= 4 is 11.3 Å². The van der Waals surface area contributed by atoms with Crippen LogP contribution in [0.5, 0.6) is 5.75 Å². The van der Waals surface area contributed by atoms with Crippen molar-refractivity contribution in [2.75, 3.05) is 7.11 Å². The van der Waals surface area contributed by atoms with Gasteiger partial charge in [0.15, 0.2) is 0 Å². The number of benzene rings is 1. The van der Waals surface area contributed by atoms with Crippen molar-refractivity contribution in [1.29, 1.82) is 0 Å². The SMILES string of the molecule is COc1ccccc1[C@H](C)NCc1nc(C)c(C)s1. The van der Waals surface area contributed by atoms with Crippen molar-refractivity contribution in [3.05, 3.63) is 45.4 Å². The van der Waals surface area contributed by atoms with E-state index in [1.165, 1.54) is 10.4 Å². The molecule has 0 saturated carbocycles. The molecule has 102 valence electrons. The van der Waals surface area contributed by atoms with E-state index >= 15 is 0 Å². The van der Waals surface area contributed by atoms with Gasteiger partial charge in [0.25, 0.3) is 0 Å². The van der Waals surface area contributed by atoms with Crippen molar-refractivity contribution in [3.8, 4) is 5.75 Å². The second kappa shape index (κ2) is 6.17. The Kier molecular flexibility index (Phi) is 4.56. The number of hydrogen-bond acceptors (Lipinski definition) is 4. The first-order valence-electron chi connectivity index (χ1n) is 6.41. The fraction of sp³-hybridized carbons (Fsp3) is 0.400. The summed E-state index contributed by atoms with van der Waals surface area (Å²) in [7, 11) is 1.71. The average molecular weight is 276 g/mol. The number of ether oxygens (including phenoxy) is 1. The molecule has 0 unspecified atom stereocenters. The molecule has 4 heteroatoms. The Balaban J connectivity index is 2.03. The molecule has 2 aromatic rings. The minimum absolute atomic E-state index is 0.237. The third kappa shape index (κ3) is 3.33. The third-order valence-electron chi connectivity index (χ3n) is 3.24. The fourth-order valence-corrected chi connectivity index (χ4v) is 2.87. The van der Waals surface area contributed by atoms with Crippen LogP contribution in [0.1, 0.15) is 34.1 Å². The lowest BCUT2D eigenvalue weighted by Gasteiger charge is -2.16. The molecule has 0 aliphatic carbocycles. The van der Waals surface area contributed by atoms with Crippen LogP contribution in [-0.4, -0.2) is 12.1 Å². The van der Waals surface area contributed by atoms with Gasteiger partial charge in [-0.15, -0.1) is 11.3 Å². The van der Waals surface area contributed by atoms with E-state index in [1.807, 2.05) is 18.2 Å². The van der Waals surface area contributed by atoms with Gasteiger partial charge in [0.2, 0.25) is 0 Å². The van der Waals surface area contributed by atoms with Crippen molar-refractivity contribution in [2.24, 2.45) is 0 Å². The summed E-state index contributed by atoms with van der Waals surface area (Å²) in [6, 6.07) is 8.34. The molecule has 1 aromatic carbocycles. The van der Waals surface area contributed by atoms with Crippen LogP contribution in [0.3, 0.4) is 0 Å². The Morgan fingerprint density at radius 2 is 2.05 bits per heavy atom. The fourth-order valence-electron chi connectivity index (χ4n) is 1.99. The molecule has 1 heterocycles. The van der Waals surface area contributed by atoms with Crippen LogP contribution in [0.15, 0.2) is 24.3 Å². The lowest BCUT2D eigenvalue weighted by molar-refractivity contribution is 0.401. The van der Waals surface area contributed by atoms with Crippen molar-refractivity contribution in [2.45, 2.75) is 33.4 Å². The molecule has 0 spiro atoms. The molecule has 0 aliphatic heterocycles. The number of aryl methyl sites for hydroxylation is 2. The van der Waals surface area contributed by atoms with Gasteiger partial charge < -0.3 is 10.1 Å². The Labute approximate surface area is 118 Å². The summed E-state index contributed by atoms with van der Waals surface area (Å²) in [6.45, 7) is 7.10. The molecule has 0 fully saturated rings. The molecule has 1 atom stereocenters. The standard InChI is InChI=1S/C15H20N2OS/c1-10-12(3)19-15(17-10)9-16-11(2)13-7-5-6-8-14(13)18-4/h5-8,11,16H,9H2,1-4H3/t11-/m0/s1. The van der Waals surface area contributed by atoms with Crippen LogP contribution in [0.25, 0.3) is 0 Å². The summed E-state index contributed by atoms with van der Waals surface area (Å²) >= 11 is 1.76. The summed E-state index contributed by atoms with van der Waals surface area (Å²) in [6.07, 6.45) is 0. The summed E-state index contributed by atoms with van der Waals surface area (Å²) in [5.41, 5.74) is 2.31. The molecule has 0 radical (unpaired) electrons. The van der Waals surface area contributed by atoms with Crippen LogP contribution in [-0.2, 0) is 6.54 Å². The van der Waals surface area contributed by atoms with E-state index in [0.29, 0.717) is 0 Å². The molecule has 1 aromatic heterocycles. The lowest BCUT2D eigenvalue weighted by Crippen LogP contribution is -2.18. The average Bonchev–Trinajstić information content (AvgIpc) is 2.75. The van der Waals surface area contributed by atoms with Gasteiger partial charge in [-0.25, -0.2) is 4.98 Å². The molecule has 0 bridgehead atoms. The van der Waals surface area contributed by atoms with E-state index < -0.39 is 0 Å². The number of nitrogens with zero attached hydrogens (tertiary/aromatic N) is 1. The van der Waals surface area contributed by atoms with Gasteiger partial charge in [-0.2, -0.15) is 0 Å². The van der Waals surface area contributed by atoms with Crippen molar-refractivity contribution in [1.82, 2.24) is 10.3 Å². The minimum atomic E-state index is 0.237. The summed E-state index contributed by atoms with van der Waals surface area (Å²) in [5.74, 6) is 0.925. The topological polar surface area (TPSA) is 34.1 Å². The van der Waals surface area contributed by atoms with Crippen LogP contribution in [0.4, 0.5) is 0 Å². The normalized spacial score (nSPS) is 12.4. The largest absolute Gasteiger partial charge is 0.496 e. The Morgan fingerprint density at radius 3 is 2.68 bits per heavy atom. The van der Waals surface area contributed by atoms with Gasteiger partial charge in [-0.3, -0.25) is 0 Å². The molecule has 1 N–H and O–H groups in total. The van der Waals surface area contributed by atoms with Gasteiger partial charge in [0.1, 0.15) is 10.8 Å². The van der Waals surface area contributed by atoms with E-state index in [4.69, 9.17) is 4.74 Å². The zero-order chi connectivity index (χ0) is 13.8. The monoisotopic (exact) mass is 276 g/mol. The van der Waals surface area contributed by atoms with Crippen LogP contribution < -0.4 is 10.1 Å².